The number of amides is 3. The summed E-state index contributed by atoms with van der Waals surface area (Å²) in [7, 11) is 0. The summed E-state index contributed by atoms with van der Waals surface area (Å²) in [6.07, 6.45) is 2.34. The molecule has 2 aromatic rings. The first-order chi connectivity index (χ1) is 14.8. The molecule has 2 aromatic carbocycles. The Morgan fingerprint density at radius 3 is 2.52 bits per heavy atom. The molecule has 3 N–H and O–H groups in total. The number of aryl methyl sites for hydroxylation is 1. The van der Waals surface area contributed by atoms with Gasteiger partial charge in [-0.2, -0.15) is 0 Å². The molecule has 0 spiro atoms. The number of anilines is 3. The lowest BCUT2D eigenvalue weighted by Crippen LogP contribution is -2.29. The fourth-order valence-corrected chi connectivity index (χ4v) is 4.40. The molecule has 2 aliphatic heterocycles. The minimum Gasteiger partial charge on any atom is -0.370 e. The smallest absolute Gasteiger partial charge is 0.248 e. The summed E-state index contributed by atoms with van der Waals surface area (Å²) in [5.41, 5.74) is 10.3. The van der Waals surface area contributed by atoms with Crippen molar-refractivity contribution >= 4 is 34.8 Å². The lowest BCUT2D eigenvalue weighted by atomic mass is 10.1. The van der Waals surface area contributed by atoms with Crippen molar-refractivity contribution in [1.82, 2.24) is 0 Å². The van der Waals surface area contributed by atoms with E-state index in [1.165, 1.54) is 0 Å². The number of nitrogens with two attached hydrogens (primary N) is 1. The SMILES string of the molecule is Cc1cccc(N2C[C@H](C(=O)Nc3cc(C(N)=O)ccc3N3CCCC3)CC2=O)c1C. The predicted molar refractivity (Wildman–Crippen MR) is 121 cm³/mol. The van der Waals surface area contributed by atoms with Gasteiger partial charge in [0, 0.05) is 37.3 Å². The highest BCUT2D eigenvalue weighted by Crippen LogP contribution is 2.33. The molecule has 0 saturated carbocycles. The van der Waals surface area contributed by atoms with Gasteiger partial charge in [0.25, 0.3) is 0 Å². The van der Waals surface area contributed by atoms with Crippen molar-refractivity contribution in [2.75, 3.05) is 34.8 Å². The van der Waals surface area contributed by atoms with Crippen molar-refractivity contribution in [3.63, 3.8) is 0 Å². The zero-order chi connectivity index (χ0) is 22.1. The van der Waals surface area contributed by atoms with Crippen LogP contribution in [0.3, 0.4) is 0 Å². The standard InChI is InChI=1S/C24H28N4O3/c1-15-6-5-7-20(16(15)2)28-14-18(13-22(28)29)24(31)26-19-12-17(23(25)30)8-9-21(19)27-10-3-4-11-27/h5-9,12,18H,3-4,10-11,13-14H2,1-2H3,(H2,25,30)(H,26,31)/t18-/m1/s1. The maximum atomic E-state index is 13.1. The number of benzene rings is 2. The molecular weight excluding hydrogens is 392 g/mol. The van der Waals surface area contributed by atoms with E-state index in [1.54, 1.807) is 17.0 Å². The molecule has 7 nitrogen and oxygen atoms in total. The van der Waals surface area contributed by atoms with Crippen molar-refractivity contribution in [2.45, 2.75) is 33.1 Å². The van der Waals surface area contributed by atoms with Crippen LogP contribution in [0.2, 0.25) is 0 Å². The molecule has 0 aromatic heterocycles. The minimum atomic E-state index is -0.541. The number of hydrogen-bond donors (Lipinski definition) is 2. The molecule has 2 saturated heterocycles. The number of nitrogens with one attached hydrogen (secondary N) is 1. The average Bonchev–Trinajstić information content (AvgIpc) is 3.40. The van der Waals surface area contributed by atoms with Crippen LogP contribution in [0.5, 0.6) is 0 Å². The monoisotopic (exact) mass is 420 g/mol. The molecule has 7 heteroatoms. The van der Waals surface area contributed by atoms with Crippen LogP contribution in [0, 0.1) is 19.8 Å². The normalized spacial score (nSPS) is 18.5. The van der Waals surface area contributed by atoms with Gasteiger partial charge in [0.1, 0.15) is 0 Å². The number of primary amides is 1. The third kappa shape index (κ3) is 4.13. The van der Waals surface area contributed by atoms with Crippen molar-refractivity contribution in [2.24, 2.45) is 11.7 Å². The van der Waals surface area contributed by atoms with Crippen LogP contribution in [0.1, 0.15) is 40.7 Å². The molecule has 4 rings (SSSR count). The van der Waals surface area contributed by atoms with E-state index in [4.69, 9.17) is 5.73 Å². The first kappa shape index (κ1) is 20.9. The molecule has 0 radical (unpaired) electrons. The average molecular weight is 421 g/mol. The van der Waals surface area contributed by atoms with Gasteiger partial charge >= 0.3 is 0 Å². The van der Waals surface area contributed by atoms with Crippen molar-refractivity contribution in [3.8, 4) is 0 Å². The molecule has 1 atom stereocenters. The van der Waals surface area contributed by atoms with Crippen LogP contribution in [-0.2, 0) is 9.59 Å². The van der Waals surface area contributed by atoms with Crippen LogP contribution in [0.15, 0.2) is 36.4 Å². The van der Waals surface area contributed by atoms with Gasteiger partial charge in [-0.25, -0.2) is 0 Å². The molecule has 2 heterocycles. The Hall–Kier alpha value is -3.35. The second-order valence-electron chi connectivity index (χ2n) is 8.40. The predicted octanol–water partition coefficient (Wildman–Crippen LogP) is 2.99. The third-order valence-corrected chi connectivity index (χ3v) is 6.35. The minimum absolute atomic E-state index is 0.0560. The number of carbonyl (C=O) groups is 3. The largest absolute Gasteiger partial charge is 0.370 e. The summed E-state index contributed by atoms with van der Waals surface area (Å²) in [6, 6.07) is 11.0. The van der Waals surface area contributed by atoms with Gasteiger partial charge < -0.3 is 20.9 Å². The molecule has 2 aliphatic rings. The van der Waals surface area contributed by atoms with Crippen molar-refractivity contribution < 1.29 is 14.4 Å². The Morgan fingerprint density at radius 2 is 1.81 bits per heavy atom. The molecule has 0 bridgehead atoms. The Labute approximate surface area is 182 Å². The van der Waals surface area contributed by atoms with E-state index in [2.05, 4.69) is 10.2 Å². The highest BCUT2D eigenvalue weighted by molar-refractivity contribution is 6.05. The van der Waals surface area contributed by atoms with E-state index in [9.17, 15) is 14.4 Å². The first-order valence-electron chi connectivity index (χ1n) is 10.7. The summed E-state index contributed by atoms with van der Waals surface area (Å²) in [6.45, 7) is 6.14. The maximum absolute atomic E-state index is 13.1. The second-order valence-corrected chi connectivity index (χ2v) is 8.40. The second kappa shape index (κ2) is 8.41. The number of rotatable bonds is 5. The summed E-state index contributed by atoms with van der Waals surface area (Å²) >= 11 is 0. The number of nitrogens with zero attached hydrogens (tertiary/aromatic N) is 2. The Bertz CT molecular complexity index is 1040. The molecular formula is C24H28N4O3. The van der Waals surface area contributed by atoms with Gasteiger partial charge in [-0.3, -0.25) is 14.4 Å². The van der Waals surface area contributed by atoms with Gasteiger partial charge in [-0.1, -0.05) is 12.1 Å². The Balaban J connectivity index is 1.55. The van der Waals surface area contributed by atoms with E-state index >= 15 is 0 Å². The topological polar surface area (TPSA) is 95.7 Å². The van der Waals surface area contributed by atoms with Crippen molar-refractivity contribution in [1.29, 1.82) is 0 Å². The molecule has 2 fully saturated rings. The van der Waals surface area contributed by atoms with Gasteiger partial charge in [-0.15, -0.1) is 0 Å². The van der Waals surface area contributed by atoms with Gasteiger partial charge in [0.2, 0.25) is 17.7 Å². The zero-order valence-electron chi connectivity index (χ0n) is 18.0. The van der Waals surface area contributed by atoms with E-state index in [0.29, 0.717) is 17.8 Å². The number of hydrogen-bond acceptors (Lipinski definition) is 4. The first-order valence-corrected chi connectivity index (χ1v) is 10.7. The van der Waals surface area contributed by atoms with Crippen molar-refractivity contribution in [3.05, 3.63) is 53.1 Å². The molecule has 3 amide bonds. The molecule has 162 valence electrons. The highest BCUT2D eigenvalue weighted by atomic mass is 16.2. The summed E-state index contributed by atoms with van der Waals surface area (Å²) < 4.78 is 0. The van der Waals surface area contributed by atoms with Crippen LogP contribution < -0.4 is 20.9 Å². The fraction of sp³-hybridized carbons (Fsp3) is 0.375. The van der Waals surface area contributed by atoms with Crippen LogP contribution in [0.4, 0.5) is 17.1 Å². The lowest BCUT2D eigenvalue weighted by molar-refractivity contribution is -0.122. The Kier molecular flexibility index (Phi) is 5.67. The van der Waals surface area contributed by atoms with E-state index < -0.39 is 11.8 Å². The Morgan fingerprint density at radius 1 is 1.06 bits per heavy atom. The van der Waals surface area contributed by atoms with Crippen LogP contribution in [0.25, 0.3) is 0 Å². The summed E-state index contributed by atoms with van der Waals surface area (Å²) in [4.78, 5) is 41.4. The van der Waals surface area contributed by atoms with Gasteiger partial charge in [0.05, 0.1) is 17.3 Å². The van der Waals surface area contributed by atoms with Crippen LogP contribution >= 0.6 is 0 Å². The van der Waals surface area contributed by atoms with E-state index in [-0.39, 0.29) is 18.2 Å². The summed E-state index contributed by atoms with van der Waals surface area (Å²) in [5, 5.41) is 2.98. The van der Waals surface area contributed by atoms with Crippen LogP contribution in [-0.4, -0.2) is 37.4 Å². The lowest BCUT2D eigenvalue weighted by Gasteiger charge is -2.23. The maximum Gasteiger partial charge on any atom is 0.248 e. The van der Waals surface area contributed by atoms with Gasteiger partial charge in [-0.05, 0) is 62.1 Å². The molecule has 0 unspecified atom stereocenters. The van der Waals surface area contributed by atoms with Gasteiger partial charge in [0.15, 0.2) is 0 Å². The van der Waals surface area contributed by atoms with E-state index in [1.807, 2.05) is 38.1 Å². The molecule has 0 aliphatic carbocycles. The van der Waals surface area contributed by atoms with E-state index in [0.717, 1.165) is 48.4 Å². The fourth-order valence-electron chi connectivity index (χ4n) is 4.40. The zero-order valence-corrected chi connectivity index (χ0v) is 18.0. The number of carbonyl (C=O) groups excluding carboxylic acids is 3. The quantitative estimate of drug-likeness (QED) is 0.777. The molecule has 31 heavy (non-hydrogen) atoms. The third-order valence-electron chi connectivity index (χ3n) is 6.35. The highest BCUT2D eigenvalue weighted by Gasteiger charge is 2.36. The summed E-state index contributed by atoms with van der Waals surface area (Å²) in [5.74, 6) is -1.28.